The molecule has 0 spiro atoms. The van der Waals surface area contributed by atoms with Crippen molar-refractivity contribution in [1.29, 1.82) is 0 Å². The van der Waals surface area contributed by atoms with Crippen molar-refractivity contribution in [2.24, 2.45) is 16.1 Å². The lowest BCUT2D eigenvalue weighted by molar-refractivity contribution is -0.480. The SMILES string of the molecule is C[C@H]1CC(=O)NN1Cc1cc(C(F)(F)F)c2cn(-c3cccc([C@H]([C]4N=NC=[N+]4C)C4CCC4)c3)c(=O)n2c1. The lowest BCUT2D eigenvalue weighted by Gasteiger charge is -2.34. The molecule has 39 heavy (non-hydrogen) atoms. The van der Waals surface area contributed by atoms with E-state index in [1.54, 1.807) is 17.4 Å². The van der Waals surface area contributed by atoms with Crippen molar-refractivity contribution in [2.45, 2.75) is 57.3 Å². The molecule has 12 heteroatoms. The average Bonchev–Trinajstić information content (AvgIpc) is 3.52. The van der Waals surface area contributed by atoms with E-state index in [-0.39, 0.29) is 41.9 Å². The van der Waals surface area contributed by atoms with Crippen molar-refractivity contribution in [3.8, 4) is 5.69 Å². The number of amides is 1. The normalized spacial score (nSPS) is 21.4. The molecule has 2 fully saturated rings. The van der Waals surface area contributed by atoms with Crippen molar-refractivity contribution in [2.75, 3.05) is 7.05 Å². The molecule has 2 aromatic heterocycles. The summed E-state index contributed by atoms with van der Waals surface area (Å²) in [7, 11) is 1.89. The van der Waals surface area contributed by atoms with Gasteiger partial charge in [0, 0.05) is 31.4 Å². The van der Waals surface area contributed by atoms with Crippen LogP contribution < -0.4 is 11.1 Å². The van der Waals surface area contributed by atoms with E-state index in [1.165, 1.54) is 17.0 Å². The molecular formula is C27H28F3N7O2+. The number of rotatable bonds is 6. The number of likely N-dealkylation sites (N-methyl/N-ethyl adjacent to an activating group) is 1. The zero-order valence-electron chi connectivity index (χ0n) is 21.5. The van der Waals surface area contributed by atoms with Crippen molar-refractivity contribution < 1.29 is 22.5 Å². The fourth-order valence-electron chi connectivity index (χ4n) is 5.68. The Balaban J connectivity index is 1.42. The molecule has 3 aromatic rings. The summed E-state index contributed by atoms with van der Waals surface area (Å²) in [6.45, 7) is 1.86. The molecule has 9 nitrogen and oxygen atoms in total. The van der Waals surface area contributed by atoms with Crippen molar-refractivity contribution >= 4 is 17.8 Å². The minimum Gasteiger partial charge on any atom is -0.288 e. The van der Waals surface area contributed by atoms with E-state index in [9.17, 15) is 22.8 Å². The second-order valence-electron chi connectivity index (χ2n) is 10.6. The van der Waals surface area contributed by atoms with Gasteiger partial charge in [-0.1, -0.05) is 18.6 Å². The average molecular weight is 540 g/mol. The highest BCUT2D eigenvalue weighted by Crippen LogP contribution is 2.46. The number of alkyl halides is 3. The minimum atomic E-state index is -4.68. The highest BCUT2D eigenvalue weighted by molar-refractivity contribution is 5.77. The van der Waals surface area contributed by atoms with E-state index in [4.69, 9.17) is 0 Å². The number of benzene rings is 1. The van der Waals surface area contributed by atoms with Crippen LogP contribution in [0.2, 0.25) is 0 Å². The second-order valence-corrected chi connectivity index (χ2v) is 10.6. The van der Waals surface area contributed by atoms with E-state index in [1.807, 2.05) is 36.7 Å². The molecule has 1 aliphatic carbocycles. The summed E-state index contributed by atoms with van der Waals surface area (Å²) in [4.78, 5) is 25.3. The van der Waals surface area contributed by atoms with Crippen LogP contribution in [-0.2, 0) is 17.5 Å². The molecule has 0 unspecified atom stereocenters. The summed E-state index contributed by atoms with van der Waals surface area (Å²) >= 11 is 0. The molecule has 2 aliphatic heterocycles. The van der Waals surface area contributed by atoms with Crippen LogP contribution in [-0.4, -0.2) is 43.9 Å². The maximum absolute atomic E-state index is 14.2. The number of nitrogens with one attached hydrogen (secondary N) is 1. The van der Waals surface area contributed by atoms with Crippen molar-refractivity contribution in [3.05, 3.63) is 76.1 Å². The molecule has 1 radical (unpaired) electrons. The minimum absolute atomic E-state index is 0.0334. The Morgan fingerprint density at radius 1 is 1.18 bits per heavy atom. The van der Waals surface area contributed by atoms with E-state index in [2.05, 4.69) is 15.7 Å². The van der Waals surface area contributed by atoms with Gasteiger partial charge >= 0.3 is 24.4 Å². The van der Waals surface area contributed by atoms with Gasteiger partial charge in [-0.3, -0.25) is 19.2 Å². The molecule has 3 aliphatic rings. The number of halogens is 3. The van der Waals surface area contributed by atoms with E-state index >= 15 is 0 Å². The first-order valence-corrected chi connectivity index (χ1v) is 12.9. The van der Waals surface area contributed by atoms with Crippen LogP contribution in [0.5, 0.6) is 0 Å². The van der Waals surface area contributed by atoms with Gasteiger partial charge in [0.25, 0.3) is 0 Å². The Hall–Kier alpha value is -3.80. The Bertz CT molecular complexity index is 1570. The van der Waals surface area contributed by atoms with E-state index in [0.717, 1.165) is 41.5 Å². The molecule has 6 rings (SSSR count). The molecule has 1 N–H and O–H groups in total. The number of aromatic nitrogens is 2. The topological polar surface area (TPSA) is 86.5 Å². The number of azo groups is 1. The van der Waals surface area contributed by atoms with E-state index < -0.39 is 17.4 Å². The number of nitrogens with zero attached hydrogens (tertiary/aromatic N) is 6. The molecule has 1 aromatic carbocycles. The number of hydrazine groups is 1. The molecule has 1 amide bonds. The number of fused-ring (bicyclic) bond motifs is 1. The van der Waals surface area contributed by atoms with Gasteiger partial charge < -0.3 is 0 Å². The standard InChI is InChI=1S/C27H28F3N7O2/c1-16-9-23(38)33-37(16)13-17-10-21(27(28,29)30)22-14-35(26(39)36(22)12-17)20-8-4-7-19(11-20)24(18-5-3-6-18)25-32-31-15-34(25)2/h4,7-8,10-12,14-16,18,24H,3,5-6,9,13H2,1-2H3,(H,33,38)/q+1/t16-,24+/m0/s1. The maximum atomic E-state index is 14.2. The predicted molar refractivity (Wildman–Crippen MR) is 136 cm³/mol. The van der Waals surface area contributed by atoms with Gasteiger partial charge in [-0.2, -0.15) is 13.2 Å². The number of hydrogen-bond donors (Lipinski definition) is 1. The van der Waals surface area contributed by atoms with Crippen LogP contribution in [0.3, 0.4) is 0 Å². The summed E-state index contributed by atoms with van der Waals surface area (Å²) < 4.78 is 46.7. The third-order valence-corrected chi connectivity index (χ3v) is 7.92. The summed E-state index contributed by atoms with van der Waals surface area (Å²) in [5.74, 6) is 0.152. The molecule has 1 saturated heterocycles. The largest absolute Gasteiger partial charge is 0.418 e. The maximum Gasteiger partial charge on any atom is 0.418 e. The Morgan fingerprint density at radius 2 is 1.97 bits per heavy atom. The van der Waals surface area contributed by atoms with Crippen molar-refractivity contribution in [3.63, 3.8) is 0 Å². The Labute approximate surface area is 222 Å². The molecule has 2 atom stereocenters. The number of pyridine rings is 1. The van der Waals surface area contributed by atoms with Crippen LogP contribution in [0.25, 0.3) is 11.2 Å². The summed E-state index contributed by atoms with van der Waals surface area (Å²) in [6, 6.07) is 8.22. The Morgan fingerprint density at radius 3 is 2.59 bits per heavy atom. The molecular weight excluding hydrogens is 511 g/mol. The van der Waals surface area contributed by atoms with Crippen LogP contribution in [0.15, 0.2) is 57.7 Å². The quantitative estimate of drug-likeness (QED) is 0.476. The summed E-state index contributed by atoms with van der Waals surface area (Å²) in [5.41, 5.74) is 2.60. The van der Waals surface area contributed by atoms with Gasteiger partial charge in [0.1, 0.15) is 0 Å². The number of imidazole rings is 1. The van der Waals surface area contributed by atoms with Crippen molar-refractivity contribution in [1.82, 2.24) is 19.4 Å². The van der Waals surface area contributed by atoms with Gasteiger partial charge in [0.15, 0.2) is 0 Å². The second kappa shape index (κ2) is 9.44. The molecule has 0 bridgehead atoms. The number of hydrogen-bond acceptors (Lipinski definition) is 5. The monoisotopic (exact) mass is 539 g/mol. The van der Waals surface area contributed by atoms with Crippen LogP contribution in [0.1, 0.15) is 55.2 Å². The van der Waals surface area contributed by atoms with Crippen LogP contribution in [0.4, 0.5) is 13.2 Å². The first kappa shape index (κ1) is 25.5. The first-order valence-electron chi connectivity index (χ1n) is 12.9. The van der Waals surface area contributed by atoms with E-state index in [0.29, 0.717) is 11.6 Å². The zero-order valence-corrected chi connectivity index (χ0v) is 21.5. The van der Waals surface area contributed by atoms with Gasteiger partial charge in [-0.25, -0.2) is 14.4 Å². The highest BCUT2D eigenvalue weighted by Gasteiger charge is 2.42. The molecule has 203 valence electrons. The summed E-state index contributed by atoms with van der Waals surface area (Å²) in [6.07, 6.45) is 3.94. The van der Waals surface area contributed by atoms with Gasteiger partial charge in [0.2, 0.25) is 5.91 Å². The summed E-state index contributed by atoms with van der Waals surface area (Å²) in [5, 5.41) is 9.96. The van der Waals surface area contributed by atoms with Gasteiger partial charge in [-0.05, 0) is 60.1 Å². The third kappa shape index (κ3) is 4.56. The smallest absolute Gasteiger partial charge is 0.288 e. The highest BCUT2D eigenvalue weighted by atomic mass is 19.4. The number of carbonyl (C=O) groups excluding carboxylic acids is 1. The van der Waals surface area contributed by atoms with Crippen LogP contribution >= 0.6 is 0 Å². The zero-order chi connectivity index (χ0) is 27.5. The van der Waals surface area contributed by atoms with Crippen LogP contribution in [0, 0.1) is 12.1 Å². The molecule has 1 saturated carbocycles. The lowest BCUT2D eigenvalue weighted by atomic mass is 9.71. The van der Waals surface area contributed by atoms with Gasteiger partial charge in [0.05, 0.1) is 34.8 Å². The lowest BCUT2D eigenvalue weighted by Crippen LogP contribution is -2.36. The fraction of sp³-hybridized carbons (Fsp3) is 0.407. The molecule has 4 heterocycles. The number of carbonyl (C=O) groups is 1. The van der Waals surface area contributed by atoms with Gasteiger partial charge in [-0.15, -0.1) is 0 Å². The fourth-order valence-corrected chi connectivity index (χ4v) is 5.68. The first-order chi connectivity index (χ1) is 18.6. The Kier molecular flexibility index (Phi) is 6.17. The predicted octanol–water partition coefficient (Wildman–Crippen LogP) is 4.24. The third-order valence-electron chi connectivity index (χ3n) is 7.92.